The number of rotatable bonds is 11. The van der Waals surface area contributed by atoms with Crippen LogP contribution >= 0.6 is 0 Å². The number of likely N-dealkylation sites (tertiary alicyclic amines) is 1. The third-order valence-electron chi connectivity index (χ3n) is 9.37. The molecule has 47 heavy (non-hydrogen) atoms. The van der Waals surface area contributed by atoms with Crippen LogP contribution in [0.25, 0.3) is 0 Å². The lowest BCUT2D eigenvalue weighted by Crippen LogP contribution is -2.53. The lowest BCUT2D eigenvalue weighted by atomic mass is 9.80. The van der Waals surface area contributed by atoms with Gasteiger partial charge in [-0.2, -0.15) is 0 Å². The Kier molecular flexibility index (Phi) is 19.1. The number of ether oxygens (including phenoxy) is 1. The summed E-state index contributed by atoms with van der Waals surface area (Å²) in [7, 11) is 1.54. The van der Waals surface area contributed by atoms with Crippen LogP contribution in [0.3, 0.4) is 0 Å². The zero-order chi connectivity index (χ0) is 36.7. The zero-order valence-electron chi connectivity index (χ0n) is 32.1. The highest BCUT2D eigenvalue weighted by molar-refractivity contribution is 5.90. The van der Waals surface area contributed by atoms with E-state index in [2.05, 4.69) is 84.2 Å². The van der Waals surface area contributed by atoms with Gasteiger partial charge >= 0.3 is 6.09 Å². The monoisotopic (exact) mass is 662 g/mol. The normalized spacial score (nSPS) is 21.4. The number of hydrogen-bond donors (Lipinski definition) is 4. The number of nitrogens with two attached hydrogens (primary N) is 1. The Morgan fingerprint density at radius 1 is 1.04 bits per heavy atom. The summed E-state index contributed by atoms with van der Waals surface area (Å²) in [6, 6.07) is 0.109. The summed E-state index contributed by atoms with van der Waals surface area (Å²) in [5, 5.41) is 8.91. The van der Waals surface area contributed by atoms with Crippen molar-refractivity contribution in [1.82, 2.24) is 20.9 Å². The van der Waals surface area contributed by atoms with Crippen LogP contribution in [0.5, 0.6) is 0 Å². The second kappa shape index (κ2) is 20.4. The molecule has 5 N–H and O–H groups in total. The van der Waals surface area contributed by atoms with Gasteiger partial charge in [0.1, 0.15) is 12.6 Å². The van der Waals surface area contributed by atoms with Gasteiger partial charge in [0.2, 0.25) is 11.8 Å². The fourth-order valence-electron chi connectivity index (χ4n) is 5.43. The smallest absolute Gasteiger partial charge is 0.406 e. The van der Waals surface area contributed by atoms with Crippen LogP contribution in [0.15, 0.2) is 37.2 Å². The second-order valence-electron chi connectivity index (χ2n) is 15.3. The summed E-state index contributed by atoms with van der Waals surface area (Å²) in [4.78, 5) is 38.9. The Morgan fingerprint density at radius 3 is 1.98 bits per heavy atom. The van der Waals surface area contributed by atoms with E-state index in [1.54, 1.807) is 7.05 Å². The highest BCUT2D eigenvalue weighted by atomic mass is 16.5. The molecule has 0 aromatic rings. The molecule has 9 nitrogen and oxygen atoms in total. The minimum Gasteiger partial charge on any atom is -0.447 e. The van der Waals surface area contributed by atoms with Crippen LogP contribution in [0.4, 0.5) is 4.79 Å². The third kappa shape index (κ3) is 15.7. The van der Waals surface area contributed by atoms with Gasteiger partial charge in [-0.3, -0.25) is 9.59 Å². The Morgan fingerprint density at radius 2 is 1.60 bits per heavy atom. The molecule has 3 aliphatic rings. The fourth-order valence-corrected chi connectivity index (χ4v) is 5.43. The van der Waals surface area contributed by atoms with Crippen molar-refractivity contribution in [1.29, 1.82) is 0 Å². The number of allylic oxidation sites excluding steroid dienone is 2. The molecule has 3 unspecified atom stereocenters. The predicted molar refractivity (Wildman–Crippen MR) is 196 cm³/mol. The van der Waals surface area contributed by atoms with Crippen molar-refractivity contribution in [2.45, 2.75) is 133 Å². The van der Waals surface area contributed by atoms with Gasteiger partial charge in [-0.05, 0) is 60.8 Å². The van der Waals surface area contributed by atoms with E-state index in [1.165, 1.54) is 25.3 Å². The molecular weight excluding hydrogens is 590 g/mol. The minimum absolute atomic E-state index is 0.00692. The molecule has 9 heteroatoms. The summed E-state index contributed by atoms with van der Waals surface area (Å²) in [5.41, 5.74) is 6.31. The molecule has 6 atom stereocenters. The summed E-state index contributed by atoms with van der Waals surface area (Å²) in [5.74, 6) is 1.95. The zero-order valence-corrected chi connectivity index (χ0v) is 32.1. The molecule has 3 rings (SSSR count). The van der Waals surface area contributed by atoms with Crippen LogP contribution in [0, 0.1) is 34.5 Å². The lowest BCUT2D eigenvalue weighted by molar-refractivity contribution is -0.145. The number of hydrogen-bond acceptors (Lipinski definition) is 6. The summed E-state index contributed by atoms with van der Waals surface area (Å²) >= 11 is 0. The first-order valence-corrected chi connectivity index (χ1v) is 17.7. The summed E-state index contributed by atoms with van der Waals surface area (Å²) < 4.78 is 5.03. The summed E-state index contributed by atoms with van der Waals surface area (Å²) in [6.07, 6.45) is 8.26. The van der Waals surface area contributed by atoms with Crippen molar-refractivity contribution in [2.75, 3.05) is 20.2 Å². The SMILES string of the molecule is C=C(C)N[C@H](COC(=O)NC)C(C)(C)C.C=CC(=C)N.CC.CCC(CC1CCC1)NC(=O)C1[C@H]2C[C@H]2CN1C(=O)C(C)C(C)(C)C. The van der Waals surface area contributed by atoms with Gasteiger partial charge in [-0.15, -0.1) is 0 Å². The molecule has 3 amide bonds. The van der Waals surface area contributed by atoms with Crippen LogP contribution in [0.2, 0.25) is 0 Å². The quantitative estimate of drug-likeness (QED) is 0.174. The highest BCUT2D eigenvalue weighted by Crippen LogP contribution is 2.50. The Balaban J connectivity index is 0.000000820. The van der Waals surface area contributed by atoms with E-state index < -0.39 is 6.09 Å². The Labute approximate surface area is 288 Å². The number of carbonyl (C=O) groups is 3. The van der Waals surface area contributed by atoms with Crippen LogP contribution in [0.1, 0.15) is 115 Å². The number of carbonyl (C=O) groups excluding carboxylic acids is 3. The Bertz CT molecular complexity index is 1020. The Hall–Kier alpha value is -2.97. The molecule has 3 fully saturated rings. The number of nitrogens with zero attached hydrogens (tertiary/aromatic N) is 1. The summed E-state index contributed by atoms with van der Waals surface area (Å²) in [6.45, 7) is 34.2. The molecule has 2 saturated carbocycles. The standard InChI is InChI=1S/C21H36N2O2.C11H22N2O2.C4H7N.C2H6/c1-6-16(10-14-8-7-9-14)22-19(24)18-17-11-15(17)12-23(18)20(25)13(2)21(3,4)5;1-8(2)13-9(11(3,4)5)7-15-10(14)12-6;1-3-4(2)5;1-2/h13-18H,6-12H2,1-5H3,(H,22,24);9,13H,1,7H2,2-6H3,(H,12,14);3H,1-2,5H2;1-2H3/t13?,15-,16?,17-,18?;9-;;/m01../s1. The maximum atomic E-state index is 13.0. The maximum Gasteiger partial charge on any atom is 0.406 e. The van der Waals surface area contributed by atoms with Crippen molar-refractivity contribution >= 4 is 17.9 Å². The molecule has 2 aliphatic carbocycles. The first-order valence-electron chi connectivity index (χ1n) is 17.7. The van der Waals surface area contributed by atoms with Gasteiger partial charge in [-0.1, -0.05) is 108 Å². The lowest BCUT2D eigenvalue weighted by Gasteiger charge is -2.35. The molecule has 272 valence electrons. The number of piperidine rings is 1. The molecule has 0 aromatic heterocycles. The number of nitrogens with one attached hydrogen (secondary N) is 3. The van der Waals surface area contributed by atoms with Crippen molar-refractivity contribution in [3.63, 3.8) is 0 Å². The average molecular weight is 662 g/mol. The molecular formula is C38H71N5O4. The largest absolute Gasteiger partial charge is 0.447 e. The van der Waals surface area contributed by atoms with Crippen molar-refractivity contribution < 1.29 is 19.1 Å². The highest BCUT2D eigenvalue weighted by Gasteiger charge is 2.57. The van der Waals surface area contributed by atoms with E-state index in [1.807, 2.05) is 32.6 Å². The minimum atomic E-state index is -0.409. The number of amides is 3. The van der Waals surface area contributed by atoms with E-state index in [9.17, 15) is 14.4 Å². The predicted octanol–water partition coefficient (Wildman–Crippen LogP) is 7.15. The van der Waals surface area contributed by atoms with E-state index in [0.717, 1.165) is 37.4 Å². The van der Waals surface area contributed by atoms with Crippen molar-refractivity contribution in [2.24, 2.45) is 40.2 Å². The van der Waals surface area contributed by atoms with Crippen LogP contribution < -0.4 is 21.7 Å². The van der Waals surface area contributed by atoms with Crippen molar-refractivity contribution in [3.05, 3.63) is 37.2 Å². The van der Waals surface area contributed by atoms with Gasteiger partial charge < -0.3 is 31.3 Å². The van der Waals surface area contributed by atoms with Crippen molar-refractivity contribution in [3.8, 4) is 0 Å². The average Bonchev–Trinajstić information content (AvgIpc) is 3.64. The van der Waals surface area contributed by atoms with Gasteiger partial charge in [0, 0.05) is 36.9 Å². The van der Waals surface area contributed by atoms with Crippen LogP contribution in [-0.4, -0.2) is 61.1 Å². The van der Waals surface area contributed by atoms with E-state index in [0.29, 0.717) is 24.1 Å². The maximum absolute atomic E-state index is 13.0. The van der Waals surface area contributed by atoms with E-state index in [-0.39, 0.29) is 46.7 Å². The molecule has 1 heterocycles. The third-order valence-corrected chi connectivity index (χ3v) is 9.37. The topological polar surface area (TPSA) is 126 Å². The molecule has 1 saturated heterocycles. The van der Waals surface area contributed by atoms with E-state index in [4.69, 9.17) is 10.5 Å². The van der Waals surface area contributed by atoms with Gasteiger partial charge in [0.05, 0.1) is 6.04 Å². The second-order valence-corrected chi connectivity index (χ2v) is 15.3. The van der Waals surface area contributed by atoms with Gasteiger partial charge in [0.15, 0.2) is 0 Å². The molecule has 1 aliphatic heterocycles. The molecule has 0 spiro atoms. The molecule has 0 bridgehead atoms. The van der Waals surface area contributed by atoms with Crippen LogP contribution in [-0.2, 0) is 14.3 Å². The number of fused-ring (bicyclic) bond motifs is 1. The van der Waals surface area contributed by atoms with Gasteiger partial charge in [0.25, 0.3) is 0 Å². The first kappa shape index (κ1) is 44.0. The van der Waals surface area contributed by atoms with E-state index >= 15 is 0 Å². The molecule has 0 aromatic carbocycles. The van der Waals surface area contributed by atoms with Gasteiger partial charge in [-0.25, -0.2) is 4.79 Å². The first-order chi connectivity index (χ1) is 21.8. The molecule has 0 radical (unpaired) electrons. The number of alkyl carbamates (subject to hydrolysis) is 1. The fraction of sp³-hybridized carbons (Fsp3) is 0.763.